The van der Waals surface area contributed by atoms with Gasteiger partial charge in [-0.3, -0.25) is 10.2 Å². The molecular weight excluding hydrogens is 236 g/mol. The Bertz CT molecular complexity index is 441. The summed E-state index contributed by atoms with van der Waals surface area (Å²) in [6.07, 6.45) is 3.28. The van der Waals surface area contributed by atoms with Crippen molar-refractivity contribution >= 4 is 17.6 Å². The van der Waals surface area contributed by atoms with Crippen LogP contribution in [-0.4, -0.2) is 21.6 Å². The first-order valence-electron chi connectivity index (χ1n) is 5.44. The molecule has 0 saturated carbocycles. The van der Waals surface area contributed by atoms with E-state index in [9.17, 15) is 4.79 Å². The first-order chi connectivity index (χ1) is 7.92. The third kappa shape index (κ3) is 4.60. The molecule has 1 aromatic rings. The zero-order valence-electron chi connectivity index (χ0n) is 10.1. The molecule has 4 N–H and O–H groups in total. The number of hydrogen-bond donors (Lipinski definition) is 3. The Hall–Kier alpha value is -1.30. The molecule has 0 atom stereocenters. The lowest BCUT2D eigenvalue weighted by Gasteiger charge is -2.22. The van der Waals surface area contributed by atoms with Gasteiger partial charge in [-0.15, -0.1) is 0 Å². The highest BCUT2D eigenvalue weighted by Crippen LogP contribution is 2.23. The molecule has 1 rings (SSSR count). The molecule has 0 saturated heterocycles. The van der Waals surface area contributed by atoms with E-state index >= 15 is 0 Å². The van der Waals surface area contributed by atoms with Crippen LogP contribution in [0, 0.1) is 10.8 Å². The van der Waals surface area contributed by atoms with E-state index < -0.39 is 0 Å². The Morgan fingerprint density at radius 2 is 2.35 bits per heavy atom. The maximum atomic E-state index is 11.0. The number of nitrogens with one attached hydrogen (secondary N) is 2. The van der Waals surface area contributed by atoms with Crippen LogP contribution in [0.5, 0.6) is 0 Å². The smallest absolute Gasteiger partial charge is 0.251 e. The maximum Gasteiger partial charge on any atom is 0.251 e. The second-order valence-electron chi connectivity index (χ2n) is 4.49. The number of amidine groups is 1. The van der Waals surface area contributed by atoms with E-state index in [4.69, 9.17) is 11.1 Å². The molecule has 1 heterocycles. The van der Waals surface area contributed by atoms with Crippen molar-refractivity contribution in [1.29, 1.82) is 5.41 Å². The van der Waals surface area contributed by atoms with Gasteiger partial charge >= 0.3 is 0 Å². The van der Waals surface area contributed by atoms with Crippen molar-refractivity contribution in [3.8, 4) is 0 Å². The summed E-state index contributed by atoms with van der Waals surface area (Å²) in [7, 11) is 0. The van der Waals surface area contributed by atoms with Gasteiger partial charge in [-0.25, -0.2) is 4.98 Å². The first-order valence-corrected chi connectivity index (χ1v) is 6.43. The molecule has 0 spiro atoms. The lowest BCUT2D eigenvalue weighted by atomic mass is 9.87. The van der Waals surface area contributed by atoms with E-state index in [1.54, 1.807) is 0 Å². The van der Waals surface area contributed by atoms with Crippen LogP contribution in [0.2, 0.25) is 0 Å². The summed E-state index contributed by atoms with van der Waals surface area (Å²) in [6.45, 7) is 3.92. The van der Waals surface area contributed by atoms with E-state index in [1.807, 2.05) is 13.8 Å². The summed E-state index contributed by atoms with van der Waals surface area (Å²) < 4.78 is 0. The quantitative estimate of drug-likeness (QED) is 0.236. The molecule has 1 aromatic heterocycles. The maximum absolute atomic E-state index is 11.0. The summed E-state index contributed by atoms with van der Waals surface area (Å²) in [4.78, 5) is 17.7. The Morgan fingerprint density at radius 3 is 2.94 bits per heavy atom. The molecule has 94 valence electrons. The second-order valence-corrected chi connectivity index (χ2v) is 5.57. The molecule has 0 radical (unpaired) electrons. The predicted molar refractivity (Wildman–Crippen MR) is 70.5 cm³/mol. The molecule has 0 aliphatic heterocycles. The van der Waals surface area contributed by atoms with Crippen LogP contribution in [0.15, 0.2) is 22.2 Å². The average molecular weight is 254 g/mol. The van der Waals surface area contributed by atoms with Gasteiger partial charge < -0.3 is 10.7 Å². The van der Waals surface area contributed by atoms with Gasteiger partial charge in [0.05, 0.1) is 5.84 Å². The van der Waals surface area contributed by atoms with Crippen LogP contribution in [0.4, 0.5) is 0 Å². The third-order valence-corrected chi connectivity index (χ3v) is 3.54. The molecule has 0 aliphatic carbocycles. The molecule has 0 amide bonds. The Labute approximate surface area is 105 Å². The van der Waals surface area contributed by atoms with Crippen LogP contribution < -0.4 is 11.3 Å². The lowest BCUT2D eigenvalue weighted by Crippen LogP contribution is -2.30. The van der Waals surface area contributed by atoms with Gasteiger partial charge in [0.25, 0.3) is 5.56 Å². The van der Waals surface area contributed by atoms with E-state index in [0.717, 1.165) is 18.6 Å². The number of thioether (sulfide) groups is 1. The van der Waals surface area contributed by atoms with Crippen molar-refractivity contribution < 1.29 is 0 Å². The number of aromatic nitrogens is 2. The fourth-order valence-electron chi connectivity index (χ4n) is 1.24. The highest BCUT2D eigenvalue weighted by Gasteiger charge is 2.20. The summed E-state index contributed by atoms with van der Waals surface area (Å²) in [5.41, 5.74) is 5.12. The molecule has 0 aromatic carbocycles. The van der Waals surface area contributed by atoms with Crippen LogP contribution >= 0.6 is 11.8 Å². The zero-order chi connectivity index (χ0) is 12.9. The van der Waals surface area contributed by atoms with E-state index in [1.165, 1.54) is 24.0 Å². The zero-order valence-corrected chi connectivity index (χ0v) is 10.9. The van der Waals surface area contributed by atoms with Crippen LogP contribution in [0.25, 0.3) is 0 Å². The van der Waals surface area contributed by atoms with Crippen molar-refractivity contribution in [3.05, 3.63) is 22.6 Å². The molecule has 0 unspecified atom stereocenters. The number of aromatic amines is 1. The standard InChI is InChI=1S/C11H18N4OS/c1-11(2,9(12)13)5-3-7-17-10-14-6-4-8(16)15-10/h4,6H,3,5,7H2,1-2H3,(H3,12,13)(H,14,15,16). The normalized spacial score (nSPS) is 11.4. The number of hydrogen-bond acceptors (Lipinski definition) is 4. The Morgan fingerprint density at radius 1 is 1.65 bits per heavy atom. The van der Waals surface area contributed by atoms with Gasteiger partial charge in [0, 0.05) is 23.4 Å². The number of H-pyrrole nitrogens is 1. The van der Waals surface area contributed by atoms with Gasteiger partial charge in [-0.1, -0.05) is 25.6 Å². The highest BCUT2D eigenvalue weighted by atomic mass is 32.2. The molecule has 17 heavy (non-hydrogen) atoms. The minimum atomic E-state index is -0.252. The minimum Gasteiger partial charge on any atom is -0.387 e. The van der Waals surface area contributed by atoms with E-state index in [0.29, 0.717) is 5.16 Å². The summed E-state index contributed by atoms with van der Waals surface area (Å²) in [5.74, 6) is 1.07. The van der Waals surface area contributed by atoms with Crippen molar-refractivity contribution in [2.45, 2.75) is 31.8 Å². The topological polar surface area (TPSA) is 95.6 Å². The molecular formula is C11H18N4OS. The fourth-order valence-corrected chi connectivity index (χ4v) is 2.03. The van der Waals surface area contributed by atoms with Crippen LogP contribution in [-0.2, 0) is 0 Å². The van der Waals surface area contributed by atoms with E-state index in [-0.39, 0.29) is 16.8 Å². The summed E-state index contributed by atoms with van der Waals surface area (Å²) >= 11 is 1.51. The fraction of sp³-hybridized carbons (Fsp3) is 0.545. The molecule has 0 aliphatic rings. The number of rotatable bonds is 6. The van der Waals surface area contributed by atoms with Crippen LogP contribution in [0.1, 0.15) is 26.7 Å². The third-order valence-electron chi connectivity index (χ3n) is 2.56. The van der Waals surface area contributed by atoms with Gasteiger partial charge in [0.1, 0.15) is 0 Å². The van der Waals surface area contributed by atoms with Crippen molar-refractivity contribution in [1.82, 2.24) is 9.97 Å². The van der Waals surface area contributed by atoms with Gasteiger partial charge in [0.15, 0.2) is 5.16 Å². The number of nitrogens with zero attached hydrogens (tertiary/aromatic N) is 1. The Balaban J connectivity index is 2.34. The van der Waals surface area contributed by atoms with Crippen molar-refractivity contribution in [2.24, 2.45) is 11.1 Å². The van der Waals surface area contributed by atoms with E-state index in [2.05, 4.69) is 9.97 Å². The SMILES string of the molecule is CC(C)(CCCSc1nccc(=O)[nH]1)C(=N)N. The van der Waals surface area contributed by atoms with Crippen molar-refractivity contribution in [2.75, 3.05) is 5.75 Å². The highest BCUT2D eigenvalue weighted by molar-refractivity contribution is 7.99. The predicted octanol–water partition coefficient (Wildman–Crippen LogP) is 1.60. The van der Waals surface area contributed by atoms with Gasteiger partial charge in [-0.05, 0) is 12.8 Å². The largest absolute Gasteiger partial charge is 0.387 e. The Kier molecular flexibility index (Phi) is 4.74. The van der Waals surface area contributed by atoms with Crippen LogP contribution in [0.3, 0.4) is 0 Å². The summed E-state index contributed by atoms with van der Waals surface area (Å²) in [5, 5.41) is 8.07. The molecule has 0 bridgehead atoms. The molecule has 5 nitrogen and oxygen atoms in total. The molecule has 6 heteroatoms. The number of nitrogens with two attached hydrogens (primary N) is 1. The first kappa shape index (κ1) is 13.8. The average Bonchev–Trinajstić information content (AvgIpc) is 2.24. The minimum absolute atomic E-state index is 0.133. The second kappa shape index (κ2) is 5.86. The van der Waals surface area contributed by atoms with Crippen molar-refractivity contribution in [3.63, 3.8) is 0 Å². The van der Waals surface area contributed by atoms with Gasteiger partial charge in [0.2, 0.25) is 0 Å². The summed E-state index contributed by atoms with van der Waals surface area (Å²) in [6, 6.07) is 1.39. The molecule has 0 fully saturated rings. The lowest BCUT2D eigenvalue weighted by molar-refractivity contribution is 0.464. The monoisotopic (exact) mass is 254 g/mol. The van der Waals surface area contributed by atoms with Gasteiger partial charge in [-0.2, -0.15) is 0 Å².